The van der Waals surface area contributed by atoms with Gasteiger partial charge in [-0.15, -0.1) is 0 Å². The monoisotopic (exact) mass is 284 g/mol. The van der Waals surface area contributed by atoms with Crippen LogP contribution < -0.4 is 5.32 Å². The summed E-state index contributed by atoms with van der Waals surface area (Å²) in [6.45, 7) is 2.84. The second-order valence-electron chi connectivity index (χ2n) is 4.28. The van der Waals surface area contributed by atoms with Crippen LogP contribution in [0.4, 0.5) is 5.13 Å². The summed E-state index contributed by atoms with van der Waals surface area (Å²) in [6.07, 6.45) is 1.78. The molecule has 1 aromatic rings. The lowest BCUT2D eigenvalue weighted by atomic mass is 10.1. The highest BCUT2D eigenvalue weighted by Crippen LogP contribution is 2.26. The first-order chi connectivity index (χ1) is 9.11. The van der Waals surface area contributed by atoms with Gasteiger partial charge in [-0.3, -0.25) is 4.79 Å². The van der Waals surface area contributed by atoms with Gasteiger partial charge in [-0.2, -0.15) is 0 Å². The van der Waals surface area contributed by atoms with E-state index in [9.17, 15) is 9.59 Å². The molecule has 0 atom stereocenters. The van der Waals surface area contributed by atoms with E-state index in [0.717, 1.165) is 12.8 Å². The van der Waals surface area contributed by atoms with E-state index in [1.54, 1.807) is 0 Å². The molecule has 0 unspecified atom stereocenters. The van der Waals surface area contributed by atoms with Crippen LogP contribution in [0.3, 0.4) is 0 Å². The predicted octanol–water partition coefficient (Wildman–Crippen LogP) is 1.72. The van der Waals surface area contributed by atoms with Crippen LogP contribution in [0.15, 0.2) is 0 Å². The van der Waals surface area contributed by atoms with E-state index >= 15 is 0 Å². The number of nitrogens with one attached hydrogen (secondary N) is 1. The van der Waals surface area contributed by atoms with Crippen molar-refractivity contribution in [3.63, 3.8) is 0 Å². The average molecular weight is 284 g/mol. The molecule has 0 spiro atoms. The molecule has 1 saturated heterocycles. The number of methoxy groups -OCH3 is 1. The summed E-state index contributed by atoms with van der Waals surface area (Å²) in [5.74, 6) is -0.764. The summed E-state index contributed by atoms with van der Waals surface area (Å²) in [5, 5.41) is 3.82. The highest BCUT2D eigenvalue weighted by atomic mass is 32.1. The molecule has 2 heterocycles. The lowest BCUT2D eigenvalue weighted by molar-refractivity contribution is 0.0591. The number of rotatable bonds is 4. The Bertz CT molecular complexity index is 480. The van der Waals surface area contributed by atoms with Crippen molar-refractivity contribution in [2.75, 3.05) is 25.6 Å². The van der Waals surface area contributed by atoms with E-state index in [1.807, 2.05) is 0 Å². The lowest BCUT2D eigenvalue weighted by Crippen LogP contribution is -2.27. The molecule has 0 amide bonds. The van der Waals surface area contributed by atoms with Gasteiger partial charge < -0.3 is 14.8 Å². The van der Waals surface area contributed by atoms with E-state index < -0.39 is 5.97 Å². The maximum Gasteiger partial charge on any atom is 0.358 e. The molecule has 0 bridgehead atoms. The van der Waals surface area contributed by atoms with Crippen molar-refractivity contribution < 1.29 is 19.1 Å². The van der Waals surface area contributed by atoms with Gasteiger partial charge in [0.05, 0.1) is 7.11 Å². The van der Waals surface area contributed by atoms with Crippen LogP contribution in [0.2, 0.25) is 0 Å². The Kier molecular flexibility index (Phi) is 4.49. The largest absolute Gasteiger partial charge is 0.464 e. The molecule has 0 aromatic carbocycles. The minimum atomic E-state index is -0.582. The van der Waals surface area contributed by atoms with Gasteiger partial charge in [0.15, 0.2) is 16.6 Å². The van der Waals surface area contributed by atoms with Crippen molar-refractivity contribution in [2.24, 2.45) is 0 Å². The topological polar surface area (TPSA) is 77.5 Å². The highest BCUT2D eigenvalue weighted by Gasteiger charge is 2.23. The SMILES string of the molecule is COC(=O)c1nc(NC2CCOCC2)sc1C(C)=O. The number of carbonyl (C=O) groups excluding carboxylic acids is 2. The summed E-state index contributed by atoms with van der Waals surface area (Å²) in [6, 6.07) is 0.269. The van der Waals surface area contributed by atoms with Gasteiger partial charge in [0.2, 0.25) is 0 Å². The summed E-state index contributed by atoms with van der Waals surface area (Å²) in [4.78, 5) is 27.6. The first-order valence-corrected chi connectivity index (χ1v) is 6.88. The summed E-state index contributed by atoms with van der Waals surface area (Å²) in [5.41, 5.74) is 0.0922. The van der Waals surface area contributed by atoms with Crippen molar-refractivity contribution in [1.82, 2.24) is 4.98 Å². The number of esters is 1. The Labute approximate surface area is 115 Å². The number of nitrogens with zero attached hydrogens (tertiary/aromatic N) is 1. The van der Waals surface area contributed by atoms with Crippen molar-refractivity contribution in [3.05, 3.63) is 10.6 Å². The molecular weight excluding hydrogens is 268 g/mol. The first kappa shape index (κ1) is 14.0. The van der Waals surface area contributed by atoms with Gasteiger partial charge in [-0.25, -0.2) is 9.78 Å². The Morgan fingerprint density at radius 2 is 2.11 bits per heavy atom. The van der Waals surface area contributed by atoms with Crippen molar-refractivity contribution in [2.45, 2.75) is 25.8 Å². The molecule has 0 saturated carbocycles. The molecular formula is C12H16N2O4S. The van der Waals surface area contributed by atoms with Crippen LogP contribution in [0, 0.1) is 0 Å². The van der Waals surface area contributed by atoms with Gasteiger partial charge in [-0.1, -0.05) is 11.3 Å². The minimum absolute atomic E-state index is 0.0922. The van der Waals surface area contributed by atoms with Gasteiger partial charge in [0.1, 0.15) is 4.88 Å². The quantitative estimate of drug-likeness (QED) is 0.670. The zero-order valence-corrected chi connectivity index (χ0v) is 11.7. The van der Waals surface area contributed by atoms with Gasteiger partial charge in [0, 0.05) is 26.2 Å². The molecule has 1 fully saturated rings. The maximum atomic E-state index is 11.6. The number of aromatic nitrogens is 1. The number of thiazole rings is 1. The summed E-state index contributed by atoms with van der Waals surface area (Å²) in [7, 11) is 1.27. The third kappa shape index (κ3) is 3.30. The standard InChI is InChI=1S/C12H16N2O4S/c1-7(15)10-9(11(16)17-2)14-12(19-10)13-8-3-5-18-6-4-8/h8H,3-6H2,1-2H3,(H,13,14). The van der Waals surface area contributed by atoms with Gasteiger partial charge in [0.25, 0.3) is 0 Å². The second kappa shape index (κ2) is 6.12. The van der Waals surface area contributed by atoms with Crippen LogP contribution in [-0.4, -0.2) is 43.1 Å². The number of Topliss-reactive ketones (excluding diaryl/α,β-unsaturated/α-hetero) is 1. The van der Waals surface area contributed by atoms with Crippen molar-refractivity contribution >= 4 is 28.2 Å². The molecule has 1 aliphatic rings. The fourth-order valence-corrected chi connectivity index (χ4v) is 2.80. The van der Waals surface area contributed by atoms with Crippen LogP contribution in [0.25, 0.3) is 0 Å². The molecule has 7 heteroatoms. The van der Waals surface area contributed by atoms with Gasteiger partial charge in [-0.05, 0) is 12.8 Å². The molecule has 104 valence electrons. The van der Waals surface area contributed by atoms with E-state index in [2.05, 4.69) is 15.0 Å². The molecule has 19 heavy (non-hydrogen) atoms. The third-order valence-corrected chi connectivity index (χ3v) is 3.96. The van der Waals surface area contributed by atoms with Gasteiger partial charge >= 0.3 is 5.97 Å². The van der Waals surface area contributed by atoms with E-state index in [-0.39, 0.29) is 17.5 Å². The average Bonchev–Trinajstić information content (AvgIpc) is 2.83. The van der Waals surface area contributed by atoms with Crippen LogP contribution in [0.1, 0.15) is 39.9 Å². The Morgan fingerprint density at radius 3 is 2.68 bits per heavy atom. The molecule has 1 aromatic heterocycles. The molecule has 2 rings (SSSR count). The number of hydrogen-bond donors (Lipinski definition) is 1. The van der Waals surface area contributed by atoms with E-state index in [1.165, 1.54) is 25.4 Å². The van der Waals surface area contributed by atoms with Crippen LogP contribution in [-0.2, 0) is 9.47 Å². The minimum Gasteiger partial charge on any atom is -0.464 e. The van der Waals surface area contributed by atoms with E-state index in [0.29, 0.717) is 23.2 Å². The molecule has 1 N–H and O–H groups in total. The molecule has 0 aliphatic carbocycles. The van der Waals surface area contributed by atoms with E-state index in [4.69, 9.17) is 4.74 Å². The Balaban J connectivity index is 2.17. The Hall–Kier alpha value is -1.47. The smallest absolute Gasteiger partial charge is 0.358 e. The zero-order valence-electron chi connectivity index (χ0n) is 10.9. The summed E-state index contributed by atoms with van der Waals surface area (Å²) < 4.78 is 9.91. The first-order valence-electron chi connectivity index (χ1n) is 6.06. The maximum absolute atomic E-state index is 11.6. The van der Waals surface area contributed by atoms with Crippen molar-refractivity contribution in [3.8, 4) is 0 Å². The molecule has 6 nitrogen and oxygen atoms in total. The lowest BCUT2D eigenvalue weighted by Gasteiger charge is -2.22. The normalized spacial score (nSPS) is 16.1. The fourth-order valence-electron chi connectivity index (χ4n) is 1.87. The number of ketones is 1. The summed E-state index contributed by atoms with van der Waals surface area (Å²) >= 11 is 1.19. The fraction of sp³-hybridized carbons (Fsp3) is 0.583. The highest BCUT2D eigenvalue weighted by molar-refractivity contribution is 7.17. The predicted molar refractivity (Wildman–Crippen MR) is 70.9 cm³/mol. The molecule has 1 aliphatic heterocycles. The number of hydrogen-bond acceptors (Lipinski definition) is 7. The van der Waals surface area contributed by atoms with Crippen molar-refractivity contribution in [1.29, 1.82) is 0 Å². The van der Waals surface area contributed by atoms with Crippen LogP contribution >= 0.6 is 11.3 Å². The number of anilines is 1. The number of carbonyl (C=O) groups is 2. The molecule has 0 radical (unpaired) electrons. The second-order valence-corrected chi connectivity index (χ2v) is 5.27. The zero-order chi connectivity index (χ0) is 13.8. The number of ether oxygens (including phenoxy) is 2. The van der Waals surface area contributed by atoms with Crippen LogP contribution in [0.5, 0.6) is 0 Å². The third-order valence-electron chi connectivity index (χ3n) is 2.87. The Morgan fingerprint density at radius 1 is 1.42 bits per heavy atom.